The molecule has 0 radical (unpaired) electrons. The molecule has 10 heavy (non-hydrogen) atoms. The van der Waals surface area contributed by atoms with E-state index in [9.17, 15) is 0 Å². The summed E-state index contributed by atoms with van der Waals surface area (Å²) in [4.78, 5) is 1.01. The van der Waals surface area contributed by atoms with E-state index in [1.54, 1.807) is 0 Å². The Hall–Kier alpha value is 0.310. The summed E-state index contributed by atoms with van der Waals surface area (Å²) in [5, 5.41) is 0. The molecule has 0 atom stereocenters. The first kappa shape index (κ1) is 10.3. The zero-order valence-electron chi connectivity index (χ0n) is 6.56. The van der Waals surface area contributed by atoms with E-state index in [1.807, 2.05) is 13.0 Å². The van der Waals surface area contributed by atoms with Gasteiger partial charge in [-0.05, 0) is 17.7 Å². The zero-order chi connectivity index (χ0) is 8.15. The van der Waals surface area contributed by atoms with Crippen LogP contribution >= 0.6 is 28.6 Å². The van der Waals surface area contributed by atoms with Gasteiger partial charge in [-0.1, -0.05) is 41.9 Å². The van der Waals surface area contributed by atoms with Crippen molar-refractivity contribution >= 4 is 28.6 Å². The van der Waals surface area contributed by atoms with E-state index in [4.69, 9.17) is 0 Å². The topological polar surface area (TPSA) is 0 Å². The second kappa shape index (κ2) is 5.03. The van der Waals surface area contributed by atoms with Gasteiger partial charge < -0.3 is 0 Å². The van der Waals surface area contributed by atoms with Gasteiger partial charge in [0.2, 0.25) is 0 Å². The highest BCUT2D eigenvalue weighted by Crippen LogP contribution is 2.16. The molecule has 0 aromatic carbocycles. The van der Waals surface area contributed by atoms with Crippen LogP contribution in [0.5, 0.6) is 0 Å². The van der Waals surface area contributed by atoms with Gasteiger partial charge in [0.25, 0.3) is 0 Å². The number of rotatable bonds is 2. The van der Waals surface area contributed by atoms with Crippen LogP contribution in [0.4, 0.5) is 0 Å². The van der Waals surface area contributed by atoms with Crippen molar-refractivity contribution in [2.24, 2.45) is 5.92 Å². The predicted octanol–water partition coefficient (Wildman–Crippen LogP) is 3.75. The van der Waals surface area contributed by atoms with Crippen LogP contribution in [-0.4, -0.2) is 0 Å². The van der Waals surface area contributed by atoms with E-state index in [1.165, 1.54) is 0 Å². The van der Waals surface area contributed by atoms with Crippen LogP contribution in [-0.2, 0) is 0 Å². The molecule has 0 nitrogen and oxygen atoms in total. The molecule has 0 aliphatic rings. The summed E-state index contributed by atoms with van der Waals surface area (Å²) in [5.74, 6) is 0.597. The van der Waals surface area contributed by atoms with Gasteiger partial charge in [-0.3, -0.25) is 0 Å². The van der Waals surface area contributed by atoms with Crippen molar-refractivity contribution in [3.05, 3.63) is 21.5 Å². The number of allylic oxidation sites excluding steroid dienone is 4. The fraction of sp³-hybridized carbons (Fsp3) is 0.500. The van der Waals surface area contributed by atoms with Crippen molar-refractivity contribution in [3.63, 3.8) is 0 Å². The molecule has 0 unspecified atom stereocenters. The number of hydrogen-bond acceptors (Lipinski definition) is 1. The van der Waals surface area contributed by atoms with Gasteiger partial charge in [0.05, 0.1) is 0 Å². The van der Waals surface area contributed by atoms with Crippen LogP contribution in [0.15, 0.2) is 21.5 Å². The molecule has 0 amide bonds. The Morgan fingerprint density at radius 2 is 2.00 bits per heavy atom. The first-order valence-electron chi connectivity index (χ1n) is 3.27. The molecule has 0 rings (SSSR count). The molecule has 0 spiro atoms. The average molecular weight is 221 g/mol. The van der Waals surface area contributed by atoms with Crippen molar-refractivity contribution < 1.29 is 0 Å². The van der Waals surface area contributed by atoms with E-state index in [2.05, 4.69) is 48.5 Å². The summed E-state index contributed by atoms with van der Waals surface area (Å²) in [5.41, 5.74) is 0. The first-order valence-corrected chi connectivity index (χ1v) is 4.51. The highest BCUT2D eigenvalue weighted by molar-refractivity contribution is 9.12. The van der Waals surface area contributed by atoms with Crippen LogP contribution in [0.25, 0.3) is 0 Å². The van der Waals surface area contributed by atoms with Crippen molar-refractivity contribution in [1.29, 1.82) is 0 Å². The molecule has 0 aromatic rings. The van der Waals surface area contributed by atoms with Crippen LogP contribution in [0.2, 0.25) is 0 Å². The molecule has 0 aromatic heterocycles. The van der Waals surface area contributed by atoms with Crippen molar-refractivity contribution in [2.75, 3.05) is 0 Å². The average Bonchev–Trinajstić information content (AvgIpc) is 1.82. The number of hydrogen-bond donors (Lipinski definition) is 1. The largest absolute Gasteiger partial charge is 0.147 e. The molecule has 0 heterocycles. The first-order chi connectivity index (χ1) is 4.54. The van der Waals surface area contributed by atoms with Gasteiger partial charge in [-0.2, -0.15) is 0 Å². The molecule has 2 heteroatoms. The third-order valence-corrected chi connectivity index (χ3v) is 2.38. The van der Waals surface area contributed by atoms with Gasteiger partial charge in [-0.15, -0.1) is 12.6 Å². The van der Waals surface area contributed by atoms with Gasteiger partial charge >= 0.3 is 0 Å². The molecule has 0 fully saturated rings. The normalized spacial score (nSPS) is 14.6. The van der Waals surface area contributed by atoms with E-state index in [0.29, 0.717) is 5.92 Å². The SMILES string of the molecule is C/C(S)=C(Br)\C=C/C(C)C. The Kier molecular flexibility index (Phi) is 5.18. The highest BCUT2D eigenvalue weighted by atomic mass is 79.9. The number of thiol groups is 1. The third-order valence-electron chi connectivity index (χ3n) is 0.973. The van der Waals surface area contributed by atoms with E-state index in [0.717, 1.165) is 9.39 Å². The maximum Gasteiger partial charge on any atom is 0.0261 e. The standard InChI is InChI=1S/C8H13BrS/c1-6(2)4-5-8(9)7(3)10/h4-6,10H,1-3H3/b5-4-,8-7-. The minimum absolute atomic E-state index is 0.597. The number of halogens is 1. The zero-order valence-corrected chi connectivity index (χ0v) is 9.04. The van der Waals surface area contributed by atoms with Crippen molar-refractivity contribution in [2.45, 2.75) is 20.8 Å². The Morgan fingerprint density at radius 3 is 2.30 bits per heavy atom. The second-order valence-corrected chi connectivity index (χ2v) is 4.06. The summed E-state index contributed by atoms with van der Waals surface area (Å²) >= 11 is 7.56. The Bertz CT molecular complexity index is 153. The summed E-state index contributed by atoms with van der Waals surface area (Å²) in [6.07, 6.45) is 4.16. The second-order valence-electron chi connectivity index (χ2n) is 2.54. The molecule has 0 aliphatic carbocycles. The van der Waals surface area contributed by atoms with Gasteiger partial charge in [0.1, 0.15) is 0 Å². The van der Waals surface area contributed by atoms with E-state index >= 15 is 0 Å². The lowest BCUT2D eigenvalue weighted by molar-refractivity contribution is 0.831. The van der Waals surface area contributed by atoms with Gasteiger partial charge in [0.15, 0.2) is 0 Å². The lowest BCUT2D eigenvalue weighted by Gasteiger charge is -1.94. The third kappa shape index (κ3) is 5.12. The summed E-state index contributed by atoms with van der Waals surface area (Å²) < 4.78 is 1.06. The highest BCUT2D eigenvalue weighted by Gasteiger charge is 1.88. The van der Waals surface area contributed by atoms with Crippen molar-refractivity contribution in [3.8, 4) is 0 Å². The van der Waals surface area contributed by atoms with Crippen LogP contribution < -0.4 is 0 Å². The maximum atomic E-state index is 4.18. The Labute approximate surface area is 76.9 Å². The molecule has 0 bridgehead atoms. The Balaban J connectivity index is 4.03. The monoisotopic (exact) mass is 220 g/mol. The quantitative estimate of drug-likeness (QED) is 0.532. The lowest BCUT2D eigenvalue weighted by Crippen LogP contribution is -1.76. The summed E-state index contributed by atoms with van der Waals surface area (Å²) in [7, 11) is 0. The van der Waals surface area contributed by atoms with Crippen LogP contribution in [0.3, 0.4) is 0 Å². The summed E-state index contributed by atoms with van der Waals surface area (Å²) in [6.45, 7) is 6.24. The van der Waals surface area contributed by atoms with Gasteiger partial charge in [-0.25, -0.2) is 0 Å². The van der Waals surface area contributed by atoms with Gasteiger partial charge in [0, 0.05) is 4.48 Å². The molecule has 0 N–H and O–H groups in total. The van der Waals surface area contributed by atoms with Crippen LogP contribution in [0, 0.1) is 5.92 Å². The molecular formula is C8H13BrS. The Morgan fingerprint density at radius 1 is 1.50 bits per heavy atom. The van der Waals surface area contributed by atoms with E-state index < -0.39 is 0 Å². The minimum atomic E-state index is 0.597. The van der Waals surface area contributed by atoms with E-state index in [-0.39, 0.29) is 0 Å². The molecule has 0 aliphatic heterocycles. The fourth-order valence-electron chi connectivity index (χ4n) is 0.398. The maximum absolute atomic E-state index is 4.18. The fourth-order valence-corrected chi connectivity index (χ4v) is 0.625. The molecule has 0 saturated carbocycles. The summed E-state index contributed by atoms with van der Waals surface area (Å²) in [6, 6.07) is 0. The molecule has 58 valence electrons. The molecular weight excluding hydrogens is 208 g/mol. The lowest BCUT2D eigenvalue weighted by atomic mass is 10.2. The van der Waals surface area contributed by atoms with Crippen LogP contribution in [0.1, 0.15) is 20.8 Å². The minimum Gasteiger partial charge on any atom is -0.147 e. The predicted molar refractivity (Wildman–Crippen MR) is 54.6 cm³/mol. The van der Waals surface area contributed by atoms with Crippen molar-refractivity contribution in [1.82, 2.24) is 0 Å². The smallest absolute Gasteiger partial charge is 0.0261 e. The molecule has 0 saturated heterocycles.